The lowest BCUT2D eigenvalue weighted by molar-refractivity contribution is -0.121. The highest BCUT2D eigenvalue weighted by Gasteiger charge is 2.13. The Morgan fingerprint density at radius 1 is 1.33 bits per heavy atom. The average Bonchev–Trinajstić information content (AvgIpc) is 2.34. The predicted molar refractivity (Wildman–Crippen MR) is 78.1 cm³/mol. The van der Waals surface area contributed by atoms with Crippen molar-refractivity contribution in [3.63, 3.8) is 0 Å². The number of rotatable bonds is 6. The third-order valence-corrected chi connectivity index (χ3v) is 2.94. The monoisotopic (exact) mass is 270 g/mol. The van der Waals surface area contributed by atoms with Crippen LogP contribution in [0.25, 0.3) is 0 Å². The number of hydrogen-bond acceptors (Lipinski definition) is 2. The molecule has 1 rings (SSSR count). The highest BCUT2D eigenvalue weighted by Crippen LogP contribution is 2.23. The molecule has 0 fully saturated rings. The number of carbonyl (C=O) groups is 1. The molecule has 102 valence electrons. The van der Waals surface area contributed by atoms with Crippen LogP contribution in [0.3, 0.4) is 0 Å². The molecule has 0 radical (unpaired) electrons. The number of hydrogen-bond donors (Lipinski definition) is 2. The van der Waals surface area contributed by atoms with Crippen LogP contribution < -0.4 is 11.1 Å². The van der Waals surface area contributed by atoms with Crippen LogP contribution in [-0.2, 0) is 4.79 Å². The molecule has 3 nitrogen and oxygen atoms in total. The van der Waals surface area contributed by atoms with Crippen LogP contribution in [0.15, 0.2) is 24.3 Å². The molecular formula is C14H23ClN2O. The molecule has 1 aromatic rings. The van der Waals surface area contributed by atoms with Crippen molar-refractivity contribution >= 4 is 18.3 Å². The first kappa shape index (κ1) is 16.9. The highest BCUT2D eigenvalue weighted by atomic mass is 35.5. The minimum atomic E-state index is 0. The first-order valence-electron chi connectivity index (χ1n) is 6.20. The summed E-state index contributed by atoms with van der Waals surface area (Å²) >= 11 is 0. The van der Waals surface area contributed by atoms with E-state index in [1.165, 1.54) is 11.1 Å². The summed E-state index contributed by atoms with van der Waals surface area (Å²) in [5.41, 5.74) is 7.84. The van der Waals surface area contributed by atoms with Gasteiger partial charge in [-0.25, -0.2) is 0 Å². The molecule has 3 N–H and O–H groups in total. The number of carbonyl (C=O) groups excluding carboxylic acids is 1. The van der Waals surface area contributed by atoms with Crippen LogP contribution >= 0.6 is 12.4 Å². The second-order valence-corrected chi connectivity index (χ2v) is 4.36. The van der Waals surface area contributed by atoms with E-state index in [9.17, 15) is 4.79 Å². The molecule has 0 saturated heterocycles. The normalized spacial score (nSPS) is 11.5. The summed E-state index contributed by atoms with van der Waals surface area (Å²) in [5, 5.41) is 2.81. The second kappa shape index (κ2) is 8.95. The zero-order valence-corrected chi connectivity index (χ0v) is 11.9. The van der Waals surface area contributed by atoms with Gasteiger partial charge in [-0.15, -0.1) is 12.4 Å². The fourth-order valence-corrected chi connectivity index (χ4v) is 1.84. The summed E-state index contributed by atoms with van der Waals surface area (Å²) in [4.78, 5) is 11.6. The molecular weight excluding hydrogens is 248 g/mol. The number of nitrogens with one attached hydrogen (secondary N) is 1. The lowest BCUT2D eigenvalue weighted by Crippen LogP contribution is -2.30. The largest absolute Gasteiger partial charge is 0.355 e. The van der Waals surface area contributed by atoms with Gasteiger partial charge in [0, 0.05) is 19.5 Å². The lowest BCUT2D eigenvalue weighted by Gasteiger charge is -2.15. The van der Waals surface area contributed by atoms with Gasteiger partial charge in [0.2, 0.25) is 5.91 Å². The fourth-order valence-electron chi connectivity index (χ4n) is 1.84. The van der Waals surface area contributed by atoms with E-state index in [-0.39, 0.29) is 18.3 Å². The minimum Gasteiger partial charge on any atom is -0.355 e. The van der Waals surface area contributed by atoms with Gasteiger partial charge >= 0.3 is 0 Å². The summed E-state index contributed by atoms with van der Waals surface area (Å²) in [6, 6.07) is 8.41. The van der Waals surface area contributed by atoms with Crippen molar-refractivity contribution < 1.29 is 4.79 Å². The number of nitrogens with two attached hydrogens (primary N) is 1. The Labute approximate surface area is 116 Å². The van der Waals surface area contributed by atoms with Gasteiger partial charge in [-0.05, 0) is 24.8 Å². The van der Waals surface area contributed by atoms with Gasteiger partial charge < -0.3 is 11.1 Å². The summed E-state index contributed by atoms with van der Waals surface area (Å²) < 4.78 is 0. The van der Waals surface area contributed by atoms with Gasteiger partial charge in [0.15, 0.2) is 0 Å². The van der Waals surface area contributed by atoms with Crippen molar-refractivity contribution in [2.24, 2.45) is 5.73 Å². The summed E-state index contributed by atoms with van der Waals surface area (Å²) in [5.74, 6) is 0.385. The van der Waals surface area contributed by atoms with Crippen LogP contribution in [-0.4, -0.2) is 19.0 Å². The number of halogens is 1. The smallest absolute Gasteiger partial charge is 0.220 e. The SMILES string of the molecule is CCC(CC(=O)NCCN)c1ccc(C)cc1.Cl. The molecule has 1 aromatic carbocycles. The molecule has 0 aliphatic carbocycles. The maximum atomic E-state index is 11.6. The molecule has 0 saturated carbocycles. The Morgan fingerprint density at radius 3 is 2.44 bits per heavy atom. The Kier molecular flexibility index (Phi) is 8.42. The zero-order valence-electron chi connectivity index (χ0n) is 11.1. The van der Waals surface area contributed by atoms with Crippen LogP contribution in [0.2, 0.25) is 0 Å². The van der Waals surface area contributed by atoms with Crippen LogP contribution in [0.5, 0.6) is 0 Å². The third-order valence-electron chi connectivity index (χ3n) is 2.94. The Hall–Kier alpha value is -1.06. The van der Waals surface area contributed by atoms with E-state index in [2.05, 4.69) is 43.4 Å². The third kappa shape index (κ3) is 5.52. The average molecular weight is 271 g/mol. The van der Waals surface area contributed by atoms with Gasteiger partial charge in [-0.3, -0.25) is 4.79 Å². The van der Waals surface area contributed by atoms with Crippen molar-refractivity contribution in [2.45, 2.75) is 32.6 Å². The predicted octanol–water partition coefficient (Wildman–Crippen LogP) is 2.38. The molecule has 0 spiro atoms. The van der Waals surface area contributed by atoms with E-state index in [0.29, 0.717) is 25.4 Å². The van der Waals surface area contributed by atoms with Crippen LogP contribution in [0.4, 0.5) is 0 Å². The highest BCUT2D eigenvalue weighted by molar-refractivity contribution is 5.85. The number of amides is 1. The van der Waals surface area contributed by atoms with E-state index in [4.69, 9.17) is 5.73 Å². The summed E-state index contributed by atoms with van der Waals surface area (Å²) in [6.07, 6.45) is 1.51. The lowest BCUT2D eigenvalue weighted by atomic mass is 9.92. The van der Waals surface area contributed by atoms with E-state index >= 15 is 0 Å². The zero-order chi connectivity index (χ0) is 12.7. The van der Waals surface area contributed by atoms with Gasteiger partial charge in [0.05, 0.1) is 0 Å². The van der Waals surface area contributed by atoms with E-state index in [0.717, 1.165) is 6.42 Å². The Morgan fingerprint density at radius 2 is 1.94 bits per heavy atom. The van der Waals surface area contributed by atoms with Crippen molar-refractivity contribution in [2.75, 3.05) is 13.1 Å². The molecule has 0 bridgehead atoms. The van der Waals surface area contributed by atoms with Gasteiger partial charge in [-0.2, -0.15) is 0 Å². The number of aryl methyl sites for hydroxylation is 1. The van der Waals surface area contributed by atoms with Gasteiger partial charge in [0.1, 0.15) is 0 Å². The maximum absolute atomic E-state index is 11.6. The molecule has 4 heteroatoms. The first-order valence-corrected chi connectivity index (χ1v) is 6.20. The van der Waals surface area contributed by atoms with Crippen molar-refractivity contribution in [3.8, 4) is 0 Å². The molecule has 0 aromatic heterocycles. The molecule has 0 heterocycles. The molecule has 18 heavy (non-hydrogen) atoms. The number of benzene rings is 1. The Balaban J connectivity index is 0.00000289. The van der Waals surface area contributed by atoms with E-state index < -0.39 is 0 Å². The van der Waals surface area contributed by atoms with Crippen molar-refractivity contribution in [1.82, 2.24) is 5.32 Å². The maximum Gasteiger partial charge on any atom is 0.220 e. The standard InChI is InChI=1S/C14H22N2O.ClH/c1-3-12(10-14(17)16-9-8-15)13-6-4-11(2)5-7-13;/h4-7,12H,3,8-10,15H2,1-2H3,(H,16,17);1H. The van der Waals surface area contributed by atoms with Crippen LogP contribution in [0.1, 0.15) is 36.8 Å². The van der Waals surface area contributed by atoms with Crippen molar-refractivity contribution in [3.05, 3.63) is 35.4 Å². The topological polar surface area (TPSA) is 55.1 Å². The van der Waals surface area contributed by atoms with Gasteiger partial charge in [-0.1, -0.05) is 36.8 Å². The second-order valence-electron chi connectivity index (χ2n) is 4.36. The quantitative estimate of drug-likeness (QED) is 0.834. The fraction of sp³-hybridized carbons (Fsp3) is 0.500. The summed E-state index contributed by atoms with van der Waals surface area (Å²) in [7, 11) is 0. The van der Waals surface area contributed by atoms with Crippen LogP contribution in [0, 0.1) is 6.92 Å². The minimum absolute atomic E-state index is 0. The first-order chi connectivity index (χ1) is 8.17. The molecule has 1 unspecified atom stereocenters. The Bertz CT molecular complexity index is 351. The van der Waals surface area contributed by atoms with Crippen molar-refractivity contribution in [1.29, 1.82) is 0 Å². The van der Waals surface area contributed by atoms with Gasteiger partial charge in [0.25, 0.3) is 0 Å². The summed E-state index contributed by atoms with van der Waals surface area (Å²) in [6.45, 7) is 5.23. The molecule has 1 atom stereocenters. The van der Waals surface area contributed by atoms with E-state index in [1.54, 1.807) is 0 Å². The molecule has 0 aliphatic rings. The van der Waals surface area contributed by atoms with E-state index in [1.807, 2.05) is 0 Å². The molecule has 1 amide bonds. The molecule has 0 aliphatic heterocycles.